The second kappa shape index (κ2) is 21.8. The summed E-state index contributed by atoms with van der Waals surface area (Å²) in [5.74, 6) is 4.82. The summed E-state index contributed by atoms with van der Waals surface area (Å²) >= 11 is 0. The van der Waals surface area contributed by atoms with Gasteiger partial charge in [-0.3, -0.25) is 4.79 Å². The minimum Gasteiger partial charge on any atom is -0.462 e. The van der Waals surface area contributed by atoms with Crippen LogP contribution in [0.4, 0.5) is 0 Å². The van der Waals surface area contributed by atoms with Crippen LogP contribution in [-0.4, -0.2) is 53.1 Å². The normalized spacial score (nSPS) is 13.0. The number of ether oxygens (including phenoxy) is 1. The fourth-order valence-corrected chi connectivity index (χ4v) is 16.6. The highest BCUT2D eigenvalue weighted by molar-refractivity contribution is 7.00. The van der Waals surface area contributed by atoms with Crippen molar-refractivity contribution in [3.8, 4) is 24.7 Å². The van der Waals surface area contributed by atoms with Crippen molar-refractivity contribution in [3.05, 3.63) is 121 Å². The van der Waals surface area contributed by atoms with E-state index in [1.165, 1.54) is 27.7 Å². The summed E-state index contributed by atoms with van der Waals surface area (Å²) in [6.07, 6.45) is 13.8. The Balaban J connectivity index is 0.000000297. The molecule has 7 heteroatoms. The summed E-state index contributed by atoms with van der Waals surface area (Å²) in [7, 11) is -4.98. The van der Waals surface area contributed by atoms with Gasteiger partial charge in [-0.15, -0.1) is 24.7 Å². The molecule has 4 aromatic rings. The molecule has 0 spiro atoms. The van der Waals surface area contributed by atoms with E-state index in [-0.39, 0.29) is 22.1 Å². The lowest BCUT2D eigenvalue weighted by molar-refractivity contribution is -0.146. The van der Waals surface area contributed by atoms with Gasteiger partial charge in [0.15, 0.2) is 0 Å². The van der Waals surface area contributed by atoms with E-state index in [1.807, 2.05) is 24.3 Å². The van der Waals surface area contributed by atoms with Crippen molar-refractivity contribution in [1.29, 1.82) is 0 Å². The van der Waals surface area contributed by atoms with Gasteiger partial charge in [-0.2, -0.15) is 0 Å². The van der Waals surface area contributed by atoms with E-state index in [0.717, 1.165) is 12.8 Å². The highest BCUT2D eigenvalue weighted by Crippen LogP contribution is 2.38. The van der Waals surface area contributed by atoms with E-state index < -0.39 is 22.7 Å². The smallest absolute Gasteiger partial charge is 0.302 e. The SMILES string of the molecule is C#CC[C@@H](O)CCCO[Si](c1ccccc1)(c1ccccc1)C(C)(C)C.C#CC[C@H](CCCO[Si](c1ccccc1)(c1ccccc1)C(C)(C)C)OC(C)=O. The van der Waals surface area contributed by atoms with Crippen LogP contribution in [0, 0.1) is 24.7 Å². The van der Waals surface area contributed by atoms with Gasteiger partial charge in [-0.05, 0) is 56.5 Å². The van der Waals surface area contributed by atoms with Crippen molar-refractivity contribution < 1.29 is 23.5 Å². The van der Waals surface area contributed by atoms with E-state index in [0.29, 0.717) is 38.9 Å². The molecule has 4 rings (SSSR count). The van der Waals surface area contributed by atoms with Crippen LogP contribution in [0.5, 0.6) is 0 Å². The molecule has 0 bridgehead atoms. The molecule has 0 heterocycles. The first-order chi connectivity index (χ1) is 26.2. The minimum absolute atomic E-state index is 0.0207. The Morgan fingerprint density at radius 2 is 0.927 bits per heavy atom. The van der Waals surface area contributed by atoms with E-state index in [4.69, 9.17) is 26.4 Å². The highest BCUT2D eigenvalue weighted by atomic mass is 28.4. The van der Waals surface area contributed by atoms with Crippen LogP contribution in [0.2, 0.25) is 10.1 Å². The topological polar surface area (TPSA) is 65.0 Å². The Morgan fingerprint density at radius 1 is 0.600 bits per heavy atom. The maximum Gasteiger partial charge on any atom is 0.302 e. The van der Waals surface area contributed by atoms with E-state index >= 15 is 0 Å². The molecule has 55 heavy (non-hydrogen) atoms. The number of aliphatic hydroxyl groups is 1. The monoisotopic (exact) mass is 774 g/mol. The molecule has 1 N–H and O–H groups in total. The molecule has 0 aliphatic rings. The molecule has 0 fully saturated rings. The number of hydrogen-bond acceptors (Lipinski definition) is 5. The fourth-order valence-electron chi connectivity index (χ4n) is 7.41. The Labute approximate surface area is 334 Å². The zero-order chi connectivity index (χ0) is 40.4. The van der Waals surface area contributed by atoms with Gasteiger partial charge in [0.25, 0.3) is 16.6 Å². The summed E-state index contributed by atoms with van der Waals surface area (Å²) in [4.78, 5) is 11.3. The molecule has 0 radical (unpaired) electrons. The standard InChI is InChI=1S/C25H32O3Si.C23H30O2Si/c1-6-14-22(28-21(2)26)15-13-20-27-29(25(3,4)5,23-16-9-7-10-17-23)24-18-11-8-12-19-24;1-5-13-20(24)14-12-19-25-26(23(2,3)4,21-15-8-6-9-16-21)22-17-10-7-11-18-22/h1,7-12,16-19,22H,13-15,20H2,2-5H3;1,6-11,15-18,20,24H,12-14,19H2,2-4H3/t22-;20-/m11/s1. The zero-order valence-electron chi connectivity index (χ0n) is 34.1. The van der Waals surface area contributed by atoms with Gasteiger partial charge >= 0.3 is 5.97 Å². The highest BCUT2D eigenvalue weighted by Gasteiger charge is 2.51. The van der Waals surface area contributed by atoms with Gasteiger partial charge in [-0.1, -0.05) is 163 Å². The van der Waals surface area contributed by atoms with Crippen molar-refractivity contribution in [2.45, 2.75) is 109 Å². The average Bonchev–Trinajstić information content (AvgIpc) is 3.15. The molecule has 0 aliphatic carbocycles. The second-order valence-electron chi connectivity index (χ2n) is 16.0. The average molecular weight is 775 g/mol. The lowest BCUT2D eigenvalue weighted by Gasteiger charge is -2.43. The predicted molar refractivity (Wildman–Crippen MR) is 234 cm³/mol. The number of carbonyl (C=O) groups is 1. The predicted octanol–water partition coefficient (Wildman–Crippen LogP) is 8.03. The molecule has 4 aromatic carbocycles. The molecule has 2 atom stereocenters. The van der Waals surface area contributed by atoms with Crippen molar-refractivity contribution >= 4 is 43.4 Å². The third-order valence-corrected chi connectivity index (χ3v) is 19.9. The summed E-state index contributed by atoms with van der Waals surface area (Å²) in [6, 6.07) is 42.4. The van der Waals surface area contributed by atoms with Crippen LogP contribution < -0.4 is 20.7 Å². The number of terminal acetylenes is 2. The zero-order valence-corrected chi connectivity index (χ0v) is 36.1. The number of hydrogen-bond donors (Lipinski definition) is 1. The van der Waals surface area contributed by atoms with Crippen LogP contribution in [0.25, 0.3) is 0 Å². The van der Waals surface area contributed by atoms with Gasteiger partial charge in [0.05, 0.1) is 6.10 Å². The number of benzene rings is 4. The Kier molecular flexibility index (Phi) is 17.9. The number of esters is 1. The third-order valence-electron chi connectivity index (χ3n) is 9.85. The first kappa shape index (κ1) is 45.2. The van der Waals surface area contributed by atoms with Crippen molar-refractivity contribution in [3.63, 3.8) is 0 Å². The molecule has 0 saturated heterocycles. The van der Waals surface area contributed by atoms with Gasteiger partial charge in [0.2, 0.25) is 0 Å². The minimum atomic E-state index is -2.52. The van der Waals surface area contributed by atoms with Gasteiger partial charge in [-0.25, -0.2) is 0 Å². The molecule has 0 saturated carbocycles. The van der Waals surface area contributed by atoms with E-state index in [9.17, 15) is 9.90 Å². The number of rotatable bonds is 17. The third kappa shape index (κ3) is 12.4. The fraction of sp³-hybridized carbons (Fsp3) is 0.396. The largest absolute Gasteiger partial charge is 0.462 e. The van der Waals surface area contributed by atoms with Crippen molar-refractivity contribution in [2.75, 3.05) is 13.2 Å². The maximum absolute atomic E-state index is 11.3. The number of aliphatic hydroxyl groups excluding tert-OH is 1. The van der Waals surface area contributed by atoms with Gasteiger partial charge in [0.1, 0.15) is 6.10 Å². The quantitative estimate of drug-likeness (QED) is 0.0510. The first-order valence-corrected chi connectivity index (χ1v) is 23.3. The molecule has 292 valence electrons. The molecule has 5 nitrogen and oxygen atoms in total. The van der Waals surface area contributed by atoms with Crippen LogP contribution in [0.1, 0.15) is 87.0 Å². The van der Waals surface area contributed by atoms with Crippen molar-refractivity contribution in [1.82, 2.24) is 0 Å². The second-order valence-corrected chi connectivity index (χ2v) is 24.6. The van der Waals surface area contributed by atoms with E-state index in [1.54, 1.807) is 0 Å². The van der Waals surface area contributed by atoms with E-state index in [2.05, 4.69) is 150 Å². The van der Waals surface area contributed by atoms with Crippen LogP contribution >= 0.6 is 0 Å². The van der Waals surface area contributed by atoms with Crippen LogP contribution in [0.3, 0.4) is 0 Å². The first-order valence-electron chi connectivity index (χ1n) is 19.4. The molecule has 0 aromatic heterocycles. The molecule has 0 aliphatic heterocycles. The number of carbonyl (C=O) groups excluding carboxylic acids is 1. The molecular formula is C48H62O5Si2. The van der Waals surface area contributed by atoms with Crippen molar-refractivity contribution in [2.24, 2.45) is 0 Å². The summed E-state index contributed by atoms with van der Waals surface area (Å²) in [6.45, 7) is 16.2. The molecular weight excluding hydrogens is 713 g/mol. The van der Waals surface area contributed by atoms with Crippen LogP contribution in [0.15, 0.2) is 121 Å². The summed E-state index contributed by atoms with van der Waals surface area (Å²) < 4.78 is 19.0. The van der Waals surface area contributed by atoms with Crippen LogP contribution in [-0.2, 0) is 18.4 Å². The Morgan fingerprint density at radius 3 is 1.22 bits per heavy atom. The maximum atomic E-state index is 11.3. The molecule has 0 unspecified atom stereocenters. The Hall–Kier alpha value is -4.22. The van der Waals surface area contributed by atoms with Gasteiger partial charge in [0, 0.05) is 33.0 Å². The molecule has 0 amide bonds. The summed E-state index contributed by atoms with van der Waals surface area (Å²) in [5.41, 5.74) is 0. The summed E-state index contributed by atoms with van der Waals surface area (Å²) in [5, 5.41) is 14.9. The Bertz CT molecular complexity index is 1690. The lowest BCUT2D eigenvalue weighted by Crippen LogP contribution is -2.66. The lowest BCUT2D eigenvalue weighted by atomic mass is 10.1. The van der Waals surface area contributed by atoms with Gasteiger partial charge < -0.3 is 18.7 Å².